The van der Waals surface area contributed by atoms with Crippen LogP contribution in [0.1, 0.15) is 38.0 Å². The van der Waals surface area contributed by atoms with Crippen LogP contribution in [0.25, 0.3) is 0 Å². The summed E-state index contributed by atoms with van der Waals surface area (Å²) in [5, 5.41) is 3.23. The number of carbonyl (C=O) groups excluding carboxylic acids is 3. The zero-order valence-electron chi connectivity index (χ0n) is 19.7. The second kappa shape index (κ2) is 11.6. The number of anilines is 2. The predicted molar refractivity (Wildman–Crippen MR) is 144 cm³/mol. The number of rotatable bonds is 6. The first kappa shape index (κ1) is 25.7. The lowest BCUT2D eigenvalue weighted by molar-refractivity contribution is 0.0526. The summed E-state index contributed by atoms with van der Waals surface area (Å²) in [7, 11) is 0. The first-order valence-electron chi connectivity index (χ1n) is 11.5. The Hall–Kier alpha value is -3.36. The Morgan fingerprint density at radius 3 is 2.36 bits per heavy atom. The smallest absolute Gasteiger partial charge is 0.338 e. The van der Waals surface area contributed by atoms with Crippen LogP contribution in [0.2, 0.25) is 5.02 Å². The summed E-state index contributed by atoms with van der Waals surface area (Å²) in [4.78, 5) is 42.2. The van der Waals surface area contributed by atoms with Gasteiger partial charge in [-0.05, 0) is 55.5 Å². The molecule has 36 heavy (non-hydrogen) atoms. The molecule has 1 aliphatic heterocycles. The monoisotopic (exact) mass is 569 g/mol. The third kappa shape index (κ3) is 5.88. The average Bonchev–Trinajstić information content (AvgIpc) is 2.90. The molecule has 1 heterocycles. The first-order valence-corrected chi connectivity index (χ1v) is 12.7. The van der Waals surface area contributed by atoms with Gasteiger partial charge in [0, 0.05) is 36.2 Å². The van der Waals surface area contributed by atoms with E-state index in [1.807, 2.05) is 35.2 Å². The Labute approximate surface area is 223 Å². The van der Waals surface area contributed by atoms with Crippen molar-refractivity contribution in [3.8, 4) is 0 Å². The van der Waals surface area contributed by atoms with Gasteiger partial charge < -0.3 is 19.9 Å². The van der Waals surface area contributed by atoms with Crippen molar-refractivity contribution in [1.29, 1.82) is 0 Å². The van der Waals surface area contributed by atoms with Gasteiger partial charge in [-0.2, -0.15) is 0 Å². The van der Waals surface area contributed by atoms with Crippen LogP contribution < -0.4 is 10.2 Å². The van der Waals surface area contributed by atoms with E-state index in [1.165, 1.54) is 0 Å². The summed E-state index contributed by atoms with van der Waals surface area (Å²) in [6.07, 6.45) is 0. The molecule has 9 heteroatoms. The maximum Gasteiger partial charge on any atom is 0.338 e. The molecule has 1 fully saturated rings. The molecule has 1 N–H and O–H groups in total. The summed E-state index contributed by atoms with van der Waals surface area (Å²) in [6.45, 7) is 4.17. The van der Waals surface area contributed by atoms with Crippen molar-refractivity contribution < 1.29 is 19.1 Å². The third-order valence-electron chi connectivity index (χ3n) is 5.86. The van der Waals surface area contributed by atoms with E-state index < -0.39 is 11.9 Å². The van der Waals surface area contributed by atoms with E-state index in [4.69, 9.17) is 16.3 Å². The number of carbonyl (C=O) groups is 3. The Morgan fingerprint density at radius 1 is 0.944 bits per heavy atom. The molecule has 0 bridgehead atoms. The highest BCUT2D eigenvalue weighted by Crippen LogP contribution is 2.30. The SMILES string of the molecule is CCOC(=O)c1ccc(N2CCN(C(=O)c3ccccc3)CC2)c(NC(=O)c2cc(Br)ccc2Cl)c1. The van der Waals surface area contributed by atoms with Crippen LogP contribution in [0.15, 0.2) is 71.2 Å². The van der Waals surface area contributed by atoms with E-state index in [-0.39, 0.29) is 12.5 Å². The van der Waals surface area contributed by atoms with E-state index in [9.17, 15) is 14.4 Å². The largest absolute Gasteiger partial charge is 0.462 e. The number of nitrogens with zero attached hydrogens (tertiary/aromatic N) is 2. The average molecular weight is 571 g/mol. The van der Waals surface area contributed by atoms with E-state index in [0.29, 0.717) is 53.6 Å². The zero-order valence-corrected chi connectivity index (χ0v) is 22.0. The molecule has 0 saturated carbocycles. The molecule has 186 valence electrons. The van der Waals surface area contributed by atoms with Crippen molar-refractivity contribution in [2.75, 3.05) is 43.0 Å². The molecule has 0 spiro atoms. The van der Waals surface area contributed by atoms with Gasteiger partial charge in [0.1, 0.15) is 0 Å². The van der Waals surface area contributed by atoms with Gasteiger partial charge in [0.25, 0.3) is 11.8 Å². The van der Waals surface area contributed by atoms with Crippen LogP contribution in [0, 0.1) is 0 Å². The highest BCUT2D eigenvalue weighted by molar-refractivity contribution is 9.10. The minimum Gasteiger partial charge on any atom is -0.462 e. The fourth-order valence-corrected chi connectivity index (χ4v) is 4.59. The third-order valence-corrected chi connectivity index (χ3v) is 6.68. The summed E-state index contributed by atoms with van der Waals surface area (Å²) in [6, 6.07) is 19.3. The molecule has 1 aliphatic rings. The molecule has 1 saturated heterocycles. The molecule has 7 nitrogen and oxygen atoms in total. The second-order valence-corrected chi connectivity index (χ2v) is 9.50. The van der Waals surface area contributed by atoms with Gasteiger partial charge in [-0.15, -0.1) is 0 Å². The molecule has 4 rings (SSSR count). The second-order valence-electron chi connectivity index (χ2n) is 8.18. The fourth-order valence-electron chi connectivity index (χ4n) is 4.03. The highest BCUT2D eigenvalue weighted by Gasteiger charge is 2.25. The van der Waals surface area contributed by atoms with Gasteiger partial charge in [-0.1, -0.05) is 45.7 Å². The summed E-state index contributed by atoms with van der Waals surface area (Å²) < 4.78 is 5.86. The molecule has 2 amide bonds. The Kier molecular flexibility index (Phi) is 8.28. The number of hydrogen-bond donors (Lipinski definition) is 1. The van der Waals surface area contributed by atoms with Gasteiger partial charge in [-0.25, -0.2) is 4.79 Å². The maximum atomic E-state index is 13.1. The first-order chi connectivity index (χ1) is 17.4. The molecule has 3 aromatic rings. The summed E-state index contributed by atoms with van der Waals surface area (Å²) in [5.41, 5.74) is 2.49. The minimum atomic E-state index is -0.474. The number of ether oxygens (including phenoxy) is 1. The lowest BCUT2D eigenvalue weighted by Gasteiger charge is -2.37. The van der Waals surface area contributed by atoms with Crippen LogP contribution in [-0.2, 0) is 4.74 Å². The fraction of sp³-hybridized carbons (Fsp3) is 0.222. The van der Waals surface area contributed by atoms with E-state index in [2.05, 4.69) is 26.1 Å². The molecule has 0 atom stereocenters. The van der Waals surface area contributed by atoms with Crippen molar-refractivity contribution >= 4 is 56.7 Å². The highest BCUT2D eigenvalue weighted by atomic mass is 79.9. The van der Waals surface area contributed by atoms with Crippen molar-refractivity contribution in [2.24, 2.45) is 0 Å². The van der Waals surface area contributed by atoms with Gasteiger partial charge in [0.05, 0.1) is 34.1 Å². The van der Waals surface area contributed by atoms with Crippen molar-refractivity contribution in [3.63, 3.8) is 0 Å². The minimum absolute atomic E-state index is 0.00858. The number of nitrogens with one attached hydrogen (secondary N) is 1. The van der Waals surface area contributed by atoms with E-state index in [1.54, 1.807) is 43.3 Å². The Morgan fingerprint density at radius 2 is 1.67 bits per heavy atom. The molecule has 3 aromatic carbocycles. The van der Waals surface area contributed by atoms with Crippen molar-refractivity contribution in [3.05, 3.63) is 92.9 Å². The lowest BCUT2D eigenvalue weighted by atomic mass is 10.1. The van der Waals surface area contributed by atoms with Crippen LogP contribution in [0.3, 0.4) is 0 Å². The normalized spacial score (nSPS) is 13.3. The quantitative estimate of drug-likeness (QED) is 0.396. The topological polar surface area (TPSA) is 79.0 Å². The van der Waals surface area contributed by atoms with Crippen molar-refractivity contribution in [1.82, 2.24) is 4.90 Å². The molecular formula is C27H25BrClN3O4. The molecular weight excluding hydrogens is 546 g/mol. The number of piperazine rings is 1. The number of halogens is 2. The summed E-state index contributed by atoms with van der Waals surface area (Å²) in [5.74, 6) is -0.884. The number of esters is 1. The molecule has 0 radical (unpaired) electrons. The van der Waals surface area contributed by atoms with Crippen LogP contribution in [0.5, 0.6) is 0 Å². The summed E-state index contributed by atoms with van der Waals surface area (Å²) >= 11 is 9.63. The number of benzene rings is 3. The van der Waals surface area contributed by atoms with Gasteiger partial charge in [0.2, 0.25) is 0 Å². The zero-order chi connectivity index (χ0) is 25.7. The van der Waals surface area contributed by atoms with E-state index in [0.717, 1.165) is 10.2 Å². The predicted octanol–water partition coefficient (Wildman–Crippen LogP) is 5.49. The lowest BCUT2D eigenvalue weighted by Crippen LogP contribution is -2.49. The van der Waals surface area contributed by atoms with Gasteiger partial charge in [0.15, 0.2) is 0 Å². The van der Waals surface area contributed by atoms with Crippen LogP contribution in [-0.4, -0.2) is 55.5 Å². The maximum absolute atomic E-state index is 13.1. The Balaban J connectivity index is 1.57. The van der Waals surface area contributed by atoms with Gasteiger partial charge in [-0.3, -0.25) is 9.59 Å². The van der Waals surface area contributed by atoms with Gasteiger partial charge >= 0.3 is 5.97 Å². The number of amides is 2. The van der Waals surface area contributed by atoms with Crippen molar-refractivity contribution in [2.45, 2.75) is 6.92 Å². The molecule has 0 aliphatic carbocycles. The van der Waals surface area contributed by atoms with Crippen LogP contribution in [0.4, 0.5) is 11.4 Å². The van der Waals surface area contributed by atoms with Crippen LogP contribution >= 0.6 is 27.5 Å². The standard InChI is InChI=1S/C27H25BrClN3O4/c1-2-36-27(35)19-8-11-24(23(16-19)30-25(33)21-17-20(28)9-10-22(21)29)31-12-14-32(15-13-31)26(34)18-6-4-3-5-7-18/h3-11,16-17H,2,12-15H2,1H3,(H,30,33). The Bertz CT molecular complexity index is 1280. The molecule has 0 unspecified atom stereocenters. The number of hydrogen-bond acceptors (Lipinski definition) is 5. The van der Waals surface area contributed by atoms with E-state index >= 15 is 0 Å². The molecule has 0 aromatic heterocycles.